The molecule has 0 aliphatic heterocycles. The SMILES string of the molecule is O=CC(Br)c1ccc(Oc2ccccc2)cc1. The number of ether oxygens (including phenoxy) is 1. The summed E-state index contributed by atoms with van der Waals surface area (Å²) < 4.78 is 5.64. The van der Waals surface area contributed by atoms with Gasteiger partial charge >= 0.3 is 0 Å². The zero-order chi connectivity index (χ0) is 12.1. The van der Waals surface area contributed by atoms with Crippen LogP contribution in [0.1, 0.15) is 10.4 Å². The number of aldehydes is 1. The van der Waals surface area contributed by atoms with Gasteiger partial charge in [0.15, 0.2) is 0 Å². The van der Waals surface area contributed by atoms with Crippen molar-refractivity contribution in [3.8, 4) is 11.5 Å². The normalized spacial score (nSPS) is 11.8. The van der Waals surface area contributed by atoms with E-state index in [0.717, 1.165) is 23.3 Å². The van der Waals surface area contributed by atoms with Gasteiger partial charge in [-0.25, -0.2) is 0 Å². The summed E-state index contributed by atoms with van der Waals surface area (Å²) >= 11 is 3.27. The van der Waals surface area contributed by atoms with Gasteiger partial charge in [-0.15, -0.1) is 0 Å². The first-order valence-electron chi connectivity index (χ1n) is 5.22. The van der Waals surface area contributed by atoms with Crippen molar-refractivity contribution in [2.75, 3.05) is 0 Å². The number of rotatable bonds is 4. The fourth-order valence-electron chi connectivity index (χ4n) is 1.42. The first-order chi connectivity index (χ1) is 8.29. The molecule has 2 aromatic carbocycles. The minimum atomic E-state index is -0.256. The molecule has 0 fully saturated rings. The van der Waals surface area contributed by atoms with Gasteiger partial charge in [0.05, 0.1) is 4.83 Å². The van der Waals surface area contributed by atoms with Gasteiger partial charge in [-0.2, -0.15) is 0 Å². The van der Waals surface area contributed by atoms with Crippen molar-refractivity contribution in [1.29, 1.82) is 0 Å². The van der Waals surface area contributed by atoms with Gasteiger partial charge in [0.1, 0.15) is 17.8 Å². The molecule has 0 heterocycles. The highest BCUT2D eigenvalue weighted by molar-refractivity contribution is 9.09. The number of halogens is 1. The van der Waals surface area contributed by atoms with Crippen LogP contribution in [0.3, 0.4) is 0 Å². The minimum Gasteiger partial charge on any atom is -0.457 e. The second-order valence-electron chi connectivity index (χ2n) is 3.52. The molecule has 0 saturated heterocycles. The molecule has 3 heteroatoms. The molecular weight excluding hydrogens is 280 g/mol. The lowest BCUT2D eigenvalue weighted by Crippen LogP contribution is -1.90. The van der Waals surface area contributed by atoms with Gasteiger partial charge in [-0.3, -0.25) is 0 Å². The molecule has 2 nitrogen and oxygen atoms in total. The molecule has 2 aromatic rings. The predicted molar refractivity (Wildman–Crippen MR) is 70.7 cm³/mol. The van der Waals surface area contributed by atoms with Gasteiger partial charge in [0, 0.05) is 0 Å². The molecule has 17 heavy (non-hydrogen) atoms. The standard InChI is InChI=1S/C14H11BrO2/c15-14(10-16)11-6-8-13(9-7-11)17-12-4-2-1-3-5-12/h1-10,14H. The van der Waals surface area contributed by atoms with Crippen molar-refractivity contribution >= 4 is 22.2 Å². The Kier molecular flexibility index (Phi) is 3.94. The first kappa shape index (κ1) is 11.9. The Morgan fingerprint density at radius 3 is 2.12 bits per heavy atom. The van der Waals surface area contributed by atoms with E-state index >= 15 is 0 Å². The van der Waals surface area contributed by atoms with E-state index in [4.69, 9.17) is 4.74 Å². The van der Waals surface area contributed by atoms with Gasteiger partial charge in [-0.05, 0) is 29.8 Å². The Morgan fingerprint density at radius 1 is 0.941 bits per heavy atom. The van der Waals surface area contributed by atoms with Crippen LogP contribution in [0.25, 0.3) is 0 Å². The van der Waals surface area contributed by atoms with Crippen molar-refractivity contribution < 1.29 is 9.53 Å². The predicted octanol–water partition coefficient (Wildman–Crippen LogP) is 4.11. The summed E-state index contributed by atoms with van der Waals surface area (Å²) in [5, 5.41) is 0. The Bertz CT molecular complexity index is 479. The summed E-state index contributed by atoms with van der Waals surface area (Å²) in [6, 6.07) is 17.0. The maximum atomic E-state index is 10.6. The van der Waals surface area contributed by atoms with Crippen LogP contribution < -0.4 is 4.74 Å². The third kappa shape index (κ3) is 3.17. The number of carbonyl (C=O) groups is 1. The quantitative estimate of drug-likeness (QED) is 0.626. The first-order valence-corrected chi connectivity index (χ1v) is 6.13. The van der Waals surface area contributed by atoms with Crippen LogP contribution in [0.5, 0.6) is 11.5 Å². The molecule has 0 bridgehead atoms. The monoisotopic (exact) mass is 290 g/mol. The Labute approximate surface area is 108 Å². The van der Waals surface area contributed by atoms with E-state index < -0.39 is 0 Å². The summed E-state index contributed by atoms with van der Waals surface area (Å²) in [6.07, 6.45) is 0.854. The lowest BCUT2D eigenvalue weighted by Gasteiger charge is -2.07. The summed E-state index contributed by atoms with van der Waals surface area (Å²) in [4.78, 5) is 10.3. The molecule has 0 N–H and O–H groups in total. The number of carbonyl (C=O) groups excluding carboxylic acids is 1. The zero-order valence-electron chi connectivity index (χ0n) is 9.05. The molecule has 0 radical (unpaired) electrons. The highest BCUT2D eigenvalue weighted by Crippen LogP contribution is 2.25. The highest BCUT2D eigenvalue weighted by Gasteiger charge is 2.05. The minimum absolute atomic E-state index is 0.256. The summed E-state index contributed by atoms with van der Waals surface area (Å²) in [6.45, 7) is 0. The molecular formula is C14H11BrO2. The van der Waals surface area contributed by atoms with E-state index in [0.29, 0.717) is 0 Å². The largest absolute Gasteiger partial charge is 0.457 e. The van der Waals surface area contributed by atoms with Crippen LogP contribution in [0.2, 0.25) is 0 Å². The van der Waals surface area contributed by atoms with E-state index in [9.17, 15) is 4.79 Å². The fourth-order valence-corrected chi connectivity index (χ4v) is 1.73. The Hall–Kier alpha value is -1.61. The molecule has 0 saturated carbocycles. The van der Waals surface area contributed by atoms with Gasteiger partial charge in [0.2, 0.25) is 0 Å². The molecule has 1 atom stereocenters. The van der Waals surface area contributed by atoms with E-state index in [1.165, 1.54) is 0 Å². The average Bonchev–Trinajstić information content (AvgIpc) is 2.40. The van der Waals surface area contributed by atoms with E-state index in [2.05, 4.69) is 15.9 Å². The van der Waals surface area contributed by atoms with Crippen molar-refractivity contribution in [1.82, 2.24) is 0 Å². The topological polar surface area (TPSA) is 26.3 Å². The molecule has 0 aliphatic rings. The zero-order valence-corrected chi connectivity index (χ0v) is 10.6. The van der Waals surface area contributed by atoms with Crippen LogP contribution >= 0.6 is 15.9 Å². The summed E-state index contributed by atoms with van der Waals surface area (Å²) in [5.74, 6) is 1.55. The van der Waals surface area contributed by atoms with Crippen LogP contribution in [0.4, 0.5) is 0 Å². The molecule has 2 rings (SSSR count). The van der Waals surface area contributed by atoms with Crippen molar-refractivity contribution in [3.05, 3.63) is 60.2 Å². The van der Waals surface area contributed by atoms with Crippen LogP contribution in [-0.4, -0.2) is 6.29 Å². The number of hydrogen-bond donors (Lipinski definition) is 0. The highest BCUT2D eigenvalue weighted by atomic mass is 79.9. The maximum Gasteiger partial charge on any atom is 0.138 e. The van der Waals surface area contributed by atoms with E-state index in [1.807, 2.05) is 54.6 Å². The Morgan fingerprint density at radius 2 is 1.53 bits per heavy atom. The lowest BCUT2D eigenvalue weighted by atomic mass is 10.1. The molecule has 86 valence electrons. The summed E-state index contributed by atoms with van der Waals surface area (Å²) in [5.41, 5.74) is 0.917. The fraction of sp³-hybridized carbons (Fsp3) is 0.0714. The van der Waals surface area contributed by atoms with Gasteiger partial charge < -0.3 is 9.53 Å². The van der Waals surface area contributed by atoms with Crippen molar-refractivity contribution in [3.63, 3.8) is 0 Å². The number of hydrogen-bond acceptors (Lipinski definition) is 2. The van der Waals surface area contributed by atoms with E-state index in [1.54, 1.807) is 0 Å². The molecule has 0 amide bonds. The average molecular weight is 291 g/mol. The third-order valence-corrected chi connectivity index (χ3v) is 3.04. The number of alkyl halides is 1. The van der Waals surface area contributed by atoms with Crippen molar-refractivity contribution in [2.45, 2.75) is 4.83 Å². The maximum absolute atomic E-state index is 10.6. The van der Waals surface area contributed by atoms with Gasteiger partial charge in [-0.1, -0.05) is 46.3 Å². The third-order valence-electron chi connectivity index (χ3n) is 2.30. The second kappa shape index (κ2) is 5.64. The smallest absolute Gasteiger partial charge is 0.138 e. The van der Waals surface area contributed by atoms with Crippen LogP contribution in [-0.2, 0) is 4.79 Å². The second-order valence-corrected chi connectivity index (χ2v) is 4.51. The van der Waals surface area contributed by atoms with Crippen LogP contribution in [0.15, 0.2) is 54.6 Å². The van der Waals surface area contributed by atoms with Crippen molar-refractivity contribution in [2.24, 2.45) is 0 Å². The Balaban J connectivity index is 2.11. The van der Waals surface area contributed by atoms with Crippen LogP contribution in [0, 0.1) is 0 Å². The number of benzene rings is 2. The molecule has 0 spiro atoms. The number of para-hydroxylation sites is 1. The van der Waals surface area contributed by atoms with Gasteiger partial charge in [0.25, 0.3) is 0 Å². The molecule has 0 aromatic heterocycles. The molecule has 0 aliphatic carbocycles. The van der Waals surface area contributed by atoms with E-state index in [-0.39, 0.29) is 4.83 Å². The lowest BCUT2D eigenvalue weighted by molar-refractivity contribution is -0.107. The molecule has 1 unspecified atom stereocenters. The summed E-state index contributed by atoms with van der Waals surface area (Å²) in [7, 11) is 0.